The van der Waals surface area contributed by atoms with E-state index in [9.17, 15) is 4.39 Å². The third kappa shape index (κ3) is 5.00. The number of likely N-dealkylation sites (tertiary alicyclic amines) is 1. The Balaban J connectivity index is 1.50. The molecule has 7 heteroatoms. The smallest absolute Gasteiger partial charge is 0.223 e. The van der Waals surface area contributed by atoms with Crippen molar-refractivity contribution in [1.82, 2.24) is 19.9 Å². The van der Waals surface area contributed by atoms with E-state index in [2.05, 4.69) is 41.3 Å². The van der Waals surface area contributed by atoms with Crippen LogP contribution in [0.5, 0.6) is 0 Å². The number of aromatic nitrogens is 3. The number of hydrogen-bond donors (Lipinski definition) is 1. The number of rotatable bonds is 6. The Morgan fingerprint density at radius 2 is 1.82 bits per heavy atom. The van der Waals surface area contributed by atoms with Crippen LogP contribution in [0.15, 0.2) is 66.9 Å². The topological polar surface area (TPSA) is 53.9 Å². The number of benzene rings is 2. The number of nitrogens with one attached hydrogen (secondary N) is 1. The van der Waals surface area contributed by atoms with Crippen molar-refractivity contribution >= 4 is 17.3 Å². The van der Waals surface area contributed by atoms with E-state index in [4.69, 9.17) is 9.97 Å². The molecule has 1 saturated heterocycles. The lowest BCUT2D eigenvalue weighted by molar-refractivity contribution is 0.255. The first-order valence-electron chi connectivity index (χ1n) is 11.7. The third-order valence-electron chi connectivity index (χ3n) is 6.34. The van der Waals surface area contributed by atoms with Crippen LogP contribution in [0, 0.1) is 5.82 Å². The second kappa shape index (κ2) is 9.99. The van der Waals surface area contributed by atoms with Gasteiger partial charge in [-0.25, -0.2) is 19.3 Å². The molecule has 5 rings (SSSR count). The van der Waals surface area contributed by atoms with E-state index < -0.39 is 0 Å². The quantitative estimate of drug-likeness (QED) is 0.352. The molecule has 3 heterocycles. The fourth-order valence-electron chi connectivity index (χ4n) is 4.35. The van der Waals surface area contributed by atoms with Crippen molar-refractivity contribution in [3.8, 4) is 21.8 Å². The molecule has 174 valence electrons. The molecule has 1 aliphatic rings. The maximum atomic E-state index is 14.1. The molecule has 0 amide bonds. The van der Waals surface area contributed by atoms with Crippen LogP contribution in [-0.4, -0.2) is 40.0 Å². The Morgan fingerprint density at radius 3 is 2.59 bits per heavy atom. The SMILES string of the molecule is C[C@H](Nc1nccc(-c2sc(C3CCN(C)CC3)nc2-c2cccc(F)c2)n1)c1ccccc1. The molecular formula is C27H28FN5S. The highest BCUT2D eigenvalue weighted by Crippen LogP contribution is 2.41. The van der Waals surface area contributed by atoms with Gasteiger partial charge in [0.25, 0.3) is 0 Å². The Hall–Kier alpha value is -3.16. The van der Waals surface area contributed by atoms with E-state index in [0.717, 1.165) is 52.8 Å². The minimum atomic E-state index is -0.265. The summed E-state index contributed by atoms with van der Waals surface area (Å²) in [6.45, 7) is 4.22. The second-order valence-corrected chi connectivity index (χ2v) is 9.89. The van der Waals surface area contributed by atoms with E-state index >= 15 is 0 Å². The van der Waals surface area contributed by atoms with Crippen molar-refractivity contribution in [2.45, 2.75) is 31.7 Å². The van der Waals surface area contributed by atoms with Crippen molar-refractivity contribution < 1.29 is 4.39 Å². The highest BCUT2D eigenvalue weighted by Gasteiger charge is 2.25. The molecule has 0 spiro atoms. The van der Waals surface area contributed by atoms with Crippen molar-refractivity contribution in [2.24, 2.45) is 0 Å². The molecule has 0 radical (unpaired) electrons. The predicted octanol–water partition coefficient (Wildman–Crippen LogP) is 6.39. The summed E-state index contributed by atoms with van der Waals surface area (Å²) in [6.07, 6.45) is 3.93. The fraction of sp³-hybridized carbons (Fsp3) is 0.296. The van der Waals surface area contributed by atoms with Crippen LogP contribution < -0.4 is 5.32 Å². The van der Waals surface area contributed by atoms with Gasteiger partial charge in [-0.1, -0.05) is 42.5 Å². The Bertz CT molecular complexity index is 1250. The molecule has 34 heavy (non-hydrogen) atoms. The molecular weight excluding hydrogens is 445 g/mol. The summed E-state index contributed by atoms with van der Waals surface area (Å²) < 4.78 is 14.1. The summed E-state index contributed by atoms with van der Waals surface area (Å²) >= 11 is 1.67. The van der Waals surface area contributed by atoms with E-state index in [1.807, 2.05) is 30.3 Å². The molecule has 0 bridgehead atoms. The minimum Gasteiger partial charge on any atom is -0.348 e. The number of anilines is 1. The van der Waals surface area contributed by atoms with Crippen LogP contribution in [0.25, 0.3) is 21.8 Å². The van der Waals surface area contributed by atoms with Crippen LogP contribution in [0.3, 0.4) is 0 Å². The van der Waals surface area contributed by atoms with E-state index in [1.54, 1.807) is 29.7 Å². The van der Waals surface area contributed by atoms with Gasteiger partial charge in [0.15, 0.2) is 0 Å². The second-order valence-electron chi connectivity index (χ2n) is 8.86. The zero-order valence-electron chi connectivity index (χ0n) is 19.4. The molecule has 2 aromatic heterocycles. The number of hydrogen-bond acceptors (Lipinski definition) is 6. The first-order chi connectivity index (χ1) is 16.6. The standard InChI is InChI=1S/C27H28FN5S/c1-18(19-7-4-3-5-8-19)30-27-29-14-11-23(31-27)25-24(21-9-6-10-22(28)17-21)32-26(34-25)20-12-15-33(2)16-13-20/h3-11,14,17-18,20H,12-13,15-16H2,1-2H3,(H,29,30,31)/t18-/m0/s1. The van der Waals surface area contributed by atoms with Crippen molar-refractivity contribution in [2.75, 3.05) is 25.5 Å². The molecule has 1 N–H and O–H groups in total. The van der Waals surface area contributed by atoms with Gasteiger partial charge in [-0.3, -0.25) is 0 Å². The summed E-state index contributed by atoms with van der Waals surface area (Å²) in [6, 6.07) is 18.9. The van der Waals surface area contributed by atoms with Crippen molar-refractivity contribution in [3.63, 3.8) is 0 Å². The zero-order valence-corrected chi connectivity index (χ0v) is 20.2. The summed E-state index contributed by atoms with van der Waals surface area (Å²) in [4.78, 5) is 17.6. The maximum Gasteiger partial charge on any atom is 0.223 e. The van der Waals surface area contributed by atoms with Gasteiger partial charge in [0.1, 0.15) is 5.82 Å². The summed E-state index contributed by atoms with van der Waals surface area (Å²) in [5.41, 5.74) is 3.53. The normalized spacial score (nSPS) is 15.9. The van der Waals surface area contributed by atoms with Gasteiger partial charge >= 0.3 is 0 Å². The molecule has 0 aliphatic carbocycles. The molecule has 4 aromatic rings. The van der Waals surface area contributed by atoms with E-state index in [-0.39, 0.29) is 11.9 Å². The van der Waals surface area contributed by atoms with Crippen LogP contribution in [-0.2, 0) is 0 Å². The van der Waals surface area contributed by atoms with Crippen LogP contribution in [0.4, 0.5) is 10.3 Å². The van der Waals surface area contributed by atoms with Gasteiger partial charge in [0, 0.05) is 17.7 Å². The highest BCUT2D eigenvalue weighted by molar-refractivity contribution is 7.15. The first kappa shape index (κ1) is 22.6. The summed E-state index contributed by atoms with van der Waals surface area (Å²) in [7, 11) is 2.16. The predicted molar refractivity (Wildman–Crippen MR) is 136 cm³/mol. The van der Waals surface area contributed by atoms with Crippen LogP contribution >= 0.6 is 11.3 Å². The largest absolute Gasteiger partial charge is 0.348 e. The minimum absolute atomic E-state index is 0.0652. The Morgan fingerprint density at radius 1 is 1.03 bits per heavy atom. The number of thiazole rings is 1. The average Bonchev–Trinajstić information content (AvgIpc) is 3.31. The zero-order chi connectivity index (χ0) is 23.5. The third-order valence-corrected chi connectivity index (χ3v) is 7.58. The molecule has 1 fully saturated rings. The molecule has 0 unspecified atom stereocenters. The van der Waals surface area contributed by atoms with E-state index in [1.165, 1.54) is 11.6 Å². The number of piperidine rings is 1. The van der Waals surface area contributed by atoms with Gasteiger partial charge in [0.05, 0.1) is 27.3 Å². The fourth-order valence-corrected chi connectivity index (χ4v) is 5.57. The van der Waals surface area contributed by atoms with Crippen LogP contribution in [0.2, 0.25) is 0 Å². The van der Waals surface area contributed by atoms with E-state index in [0.29, 0.717) is 11.9 Å². The molecule has 2 aromatic carbocycles. The molecule has 1 aliphatic heterocycles. The molecule has 0 saturated carbocycles. The Kier molecular flexibility index (Phi) is 6.65. The number of halogens is 1. The van der Waals surface area contributed by atoms with Gasteiger partial charge in [-0.2, -0.15) is 0 Å². The Labute approximate surface area is 203 Å². The van der Waals surface area contributed by atoms with Crippen molar-refractivity contribution in [3.05, 3.63) is 83.2 Å². The van der Waals surface area contributed by atoms with Crippen LogP contribution in [0.1, 0.15) is 42.3 Å². The summed E-state index contributed by atoms with van der Waals surface area (Å²) in [5.74, 6) is 0.715. The lowest BCUT2D eigenvalue weighted by Gasteiger charge is -2.27. The monoisotopic (exact) mass is 473 g/mol. The average molecular weight is 474 g/mol. The lowest BCUT2D eigenvalue weighted by atomic mass is 9.98. The molecule has 5 nitrogen and oxygen atoms in total. The highest BCUT2D eigenvalue weighted by atomic mass is 32.1. The lowest BCUT2D eigenvalue weighted by Crippen LogP contribution is -2.29. The number of nitrogens with zero attached hydrogens (tertiary/aromatic N) is 4. The van der Waals surface area contributed by atoms with Crippen molar-refractivity contribution in [1.29, 1.82) is 0 Å². The first-order valence-corrected chi connectivity index (χ1v) is 12.5. The maximum absolute atomic E-state index is 14.1. The summed E-state index contributed by atoms with van der Waals surface area (Å²) in [5, 5.41) is 4.51. The van der Waals surface area contributed by atoms with Gasteiger partial charge in [-0.15, -0.1) is 11.3 Å². The molecule has 1 atom stereocenters. The van der Waals surface area contributed by atoms with Gasteiger partial charge < -0.3 is 10.2 Å². The van der Waals surface area contributed by atoms with Gasteiger partial charge in [-0.05, 0) is 63.7 Å². The van der Waals surface area contributed by atoms with Gasteiger partial charge in [0.2, 0.25) is 5.95 Å².